The van der Waals surface area contributed by atoms with Gasteiger partial charge in [-0.2, -0.15) is 0 Å². The van der Waals surface area contributed by atoms with Crippen molar-refractivity contribution in [2.45, 2.75) is 26.8 Å². The molecule has 2 aromatic carbocycles. The average Bonchev–Trinajstić information content (AvgIpc) is 3.15. The van der Waals surface area contributed by atoms with Gasteiger partial charge >= 0.3 is 0 Å². The Balaban J connectivity index is 0.00000341. The van der Waals surface area contributed by atoms with Crippen LogP contribution in [0.25, 0.3) is 10.9 Å². The first-order chi connectivity index (χ1) is 14.6. The Kier molecular flexibility index (Phi) is 9.64. The molecule has 31 heavy (non-hydrogen) atoms. The second-order valence-corrected chi connectivity index (χ2v) is 7.09. The molecular weight excluding hydrogens is 505 g/mol. The van der Waals surface area contributed by atoms with E-state index in [1.807, 2.05) is 25.1 Å². The summed E-state index contributed by atoms with van der Waals surface area (Å²) in [6.07, 6.45) is 2.98. The van der Waals surface area contributed by atoms with Crippen LogP contribution in [0.15, 0.2) is 53.7 Å². The molecule has 0 aliphatic carbocycles. The number of aliphatic imine (C=N–C) groups is 1. The summed E-state index contributed by atoms with van der Waals surface area (Å²) in [7, 11) is 0. The fourth-order valence-corrected chi connectivity index (χ4v) is 3.36. The highest BCUT2D eigenvalue weighted by atomic mass is 127. The smallest absolute Gasteiger partial charge is 0.255 e. The van der Waals surface area contributed by atoms with Crippen LogP contribution in [0.2, 0.25) is 0 Å². The fourth-order valence-electron chi connectivity index (χ4n) is 3.36. The van der Waals surface area contributed by atoms with E-state index >= 15 is 0 Å². The van der Waals surface area contributed by atoms with E-state index in [0.717, 1.165) is 31.0 Å². The number of benzene rings is 2. The quantitative estimate of drug-likeness (QED) is 0.192. The minimum atomic E-state index is -0.498. The Morgan fingerprint density at radius 1 is 1.19 bits per heavy atom. The van der Waals surface area contributed by atoms with Gasteiger partial charge in [-0.05, 0) is 55.2 Å². The van der Waals surface area contributed by atoms with Crippen molar-refractivity contribution in [3.8, 4) is 5.75 Å². The first-order valence-electron chi connectivity index (χ1n) is 10.1. The van der Waals surface area contributed by atoms with Gasteiger partial charge in [0.25, 0.3) is 5.91 Å². The monoisotopic (exact) mass is 535 g/mol. The second-order valence-electron chi connectivity index (χ2n) is 7.09. The van der Waals surface area contributed by atoms with Crippen molar-refractivity contribution in [2.24, 2.45) is 10.7 Å². The third kappa shape index (κ3) is 7.16. The zero-order valence-corrected chi connectivity index (χ0v) is 20.2. The number of hydrogen-bond donors (Lipinski definition) is 4. The molecule has 0 spiro atoms. The third-order valence-corrected chi connectivity index (χ3v) is 4.73. The van der Waals surface area contributed by atoms with Crippen molar-refractivity contribution in [3.05, 3.63) is 65.4 Å². The number of fused-ring (bicyclic) bond motifs is 1. The first-order valence-corrected chi connectivity index (χ1v) is 10.1. The number of carbonyl (C=O) groups is 1. The van der Waals surface area contributed by atoms with E-state index in [4.69, 9.17) is 10.5 Å². The molecule has 0 unspecified atom stereocenters. The highest BCUT2D eigenvalue weighted by molar-refractivity contribution is 14.0. The number of aromatic nitrogens is 1. The molecule has 1 heterocycles. The summed E-state index contributed by atoms with van der Waals surface area (Å²) in [6, 6.07) is 13.8. The Labute approximate surface area is 199 Å². The van der Waals surface area contributed by atoms with E-state index in [0.29, 0.717) is 12.3 Å². The number of guanidine groups is 1. The largest absolute Gasteiger partial charge is 0.484 e. The lowest BCUT2D eigenvalue weighted by molar-refractivity contribution is -0.119. The van der Waals surface area contributed by atoms with Gasteiger partial charge in [-0.25, -0.2) is 4.99 Å². The molecule has 166 valence electrons. The summed E-state index contributed by atoms with van der Waals surface area (Å²) in [5, 5.41) is 7.98. The number of hydrogen-bond acceptors (Lipinski definition) is 3. The molecule has 8 heteroatoms. The summed E-state index contributed by atoms with van der Waals surface area (Å²) in [5.74, 6) is 0.870. The SMILES string of the molecule is CCNC(=NCc1cccc(OCC(N)=O)c1)NCCc1c[nH]c2cccc(C)c12.I. The number of aryl methyl sites for hydroxylation is 1. The van der Waals surface area contributed by atoms with Crippen molar-refractivity contribution in [1.29, 1.82) is 0 Å². The molecule has 0 radical (unpaired) electrons. The summed E-state index contributed by atoms with van der Waals surface area (Å²) in [4.78, 5) is 18.9. The lowest BCUT2D eigenvalue weighted by atomic mass is 10.1. The molecule has 3 aromatic rings. The number of aromatic amines is 1. The molecule has 3 rings (SSSR count). The van der Waals surface area contributed by atoms with Crippen LogP contribution >= 0.6 is 24.0 Å². The number of primary amides is 1. The lowest BCUT2D eigenvalue weighted by Gasteiger charge is -2.12. The number of nitrogens with zero attached hydrogens (tertiary/aromatic N) is 1. The van der Waals surface area contributed by atoms with Gasteiger partial charge in [0.2, 0.25) is 0 Å². The van der Waals surface area contributed by atoms with Crippen molar-refractivity contribution in [3.63, 3.8) is 0 Å². The van der Waals surface area contributed by atoms with Gasteiger partial charge in [0, 0.05) is 30.2 Å². The maximum Gasteiger partial charge on any atom is 0.255 e. The maximum atomic E-state index is 10.9. The number of carbonyl (C=O) groups excluding carboxylic acids is 1. The van der Waals surface area contributed by atoms with Gasteiger partial charge < -0.3 is 26.1 Å². The minimum Gasteiger partial charge on any atom is -0.484 e. The molecule has 0 aliphatic rings. The topological polar surface area (TPSA) is 105 Å². The van der Waals surface area contributed by atoms with Crippen LogP contribution < -0.4 is 21.1 Å². The van der Waals surface area contributed by atoms with Gasteiger partial charge in [0.1, 0.15) is 5.75 Å². The normalized spacial score (nSPS) is 11.1. The van der Waals surface area contributed by atoms with Gasteiger partial charge in [-0.3, -0.25) is 4.79 Å². The summed E-state index contributed by atoms with van der Waals surface area (Å²) in [5.41, 5.74) is 9.86. The molecule has 7 nitrogen and oxygen atoms in total. The van der Waals surface area contributed by atoms with Crippen molar-refractivity contribution < 1.29 is 9.53 Å². The van der Waals surface area contributed by atoms with Crippen LogP contribution in [0, 0.1) is 6.92 Å². The van der Waals surface area contributed by atoms with Crippen LogP contribution in [-0.2, 0) is 17.8 Å². The van der Waals surface area contributed by atoms with Crippen LogP contribution in [0.4, 0.5) is 0 Å². The zero-order valence-electron chi connectivity index (χ0n) is 17.9. The molecule has 0 saturated heterocycles. The molecule has 5 N–H and O–H groups in total. The minimum absolute atomic E-state index is 0. The van der Waals surface area contributed by atoms with E-state index in [1.54, 1.807) is 6.07 Å². The number of rotatable bonds is 9. The average molecular weight is 535 g/mol. The number of amides is 1. The fraction of sp³-hybridized carbons (Fsp3) is 0.304. The van der Waals surface area contributed by atoms with Crippen molar-refractivity contribution in [1.82, 2.24) is 15.6 Å². The highest BCUT2D eigenvalue weighted by Crippen LogP contribution is 2.22. The predicted molar refractivity (Wildman–Crippen MR) is 136 cm³/mol. The number of nitrogens with two attached hydrogens (primary N) is 1. The number of ether oxygens (including phenoxy) is 1. The first kappa shape index (κ1) is 24.5. The third-order valence-electron chi connectivity index (χ3n) is 4.73. The van der Waals surface area contributed by atoms with Gasteiger partial charge in [-0.15, -0.1) is 24.0 Å². The molecule has 0 bridgehead atoms. The van der Waals surface area contributed by atoms with Crippen molar-refractivity contribution >= 4 is 46.7 Å². The number of H-pyrrole nitrogens is 1. The van der Waals surface area contributed by atoms with Gasteiger partial charge in [0.15, 0.2) is 12.6 Å². The van der Waals surface area contributed by atoms with Gasteiger partial charge in [-0.1, -0.05) is 24.3 Å². The van der Waals surface area contributed by atoms with Crippen LogP contribution in [-0.4, -0.2) is 36.5 Å². The second kappa shape index (κ2) is 12.2. The van der Waals surface area contributed by atoms with Crippen molar-refractivity contribution in [2.75, 3.05) is 19.7 Å². The summed E-state index contributed by atoms with van der Waals surface area (Å²) >= 11 is 0. The number of nitrogens with one attached hydrogen (secondary N) is 3. The van der Waals surface area contributed by atoms with E-state index in [9.17, 15) is 4.79 Å². The van der Waals surface area contributed by atoms with E-state index < -0.39 is 5.91 Å². The van der Waals surface area contributed by atoms with Crippen LogP contribution in [0.1, 0.15) is 23.6 Å². The Bertz CT molecular complexity index is 1030. The molecule has 0 fully saturated rings. The Hall–Kier alpha value is -2.75. The Morgan fingerprint density at radius 3 is 2.77 bits per heavy atom. The molecule has 1 aromatic heterocycles. The summed E-state index contributed by atoms with van der Waals surface area (Å²) < 4.78 is 5.36. The molecular formula is C23H30IN5O2. The molecule has 0 atom stereocenters. The van der Waals surface area contributed by atoms with Crippen LogP contribution in [0.5, 0.6) is 5.75 Å². The highest BCUT2D eigenvalue weighted by Gasteiger charge is 2.06. The van der Waals surface area contributed by atoms with E-state index in [2.05, 4.69) is 51.9 Å². The van der Waals surface area contributed by atoms with E-state index in [1.165, 1.54) is 22.0 Å². The number of halogens is 1. The molecule has 0 saturated carbocycles. The Morgan fingerprint density at radius 2 is 2.00 bits per heavy atom. The predicted octanol–water partition coefficient (Wildman–Crippen LogP) is 3.26. The van der Waals surface area contributed by atoms with Gasteiger partial charge in [0.05, 0.1) is 6.54 Å². The lowest BCUT2D eigenvalue weighted by Crippen LogP contribution is -2.38. The zero-order chi connectivity index (χ0) is 21.3. The molecule has 1 amide bonds. The molecule has 0 aliphatic heterocycles. The summed E-state index contributed by atoms with van der Waals surface area (Å²) in [6.45, 7) is 6.09. The maximum absolute atomic E-state index is 10.9. The van der Waals surface area contributed by atoms with Crippen LogP contribution in [0.3, 0.4) is 0 Å². The van der Waals surface area contributed by atoms with E-state index in [-0.39, 0.29) is 30.6 Å². The standard InChI is InChI=1S/C23H29N5O2.HI/c1-3-25-23(28-13-17-7-5-8-19(12-17)30-15-21(24)29)26-11-10-18-14-27-20-9-4-6-16(2)22(18)20;/h4-9,12,14,27H,3,10-11,13,15H2,1-2H3,(H2,24,29)(H2,25,26,28);1H.